The van der Waals surface area contributed by atoms with Crippen LogP contribution in [0.25, 0.3) is 0 Å². The van der Waals surface area contributed by atoms with Gasteiger partial charge >= 0.3 is 13.8 Å². The summed E-state index contributed by atoms with van der Waals surface area (Å²) in [5.74, 6) is -0.314. The molecule has 0 aliphatic carbocycles. The van der Waals surface area contributed by atoms with Crippen molar-refractivity contribution in [3.63, 3.8) is 0 Å². The molecule has 0 saturated heterocycles. The third-order valence-corrected chi connectivity index (χ3v) is 10.7. The zero-order valence-electron chi connectivity index (χ0n) is 34.6. The first-order valence-electron chi connectivity index (χ1n) is 21.8. The van der Waals surface area contributed by atoms with Gasteiger partial charge in [0.25, 0.3) is 0 Å². The van der Waals surface area contributed by atoms with Crippen LogP contribution in [0.3, 0.4) is 0 Å². The van der Waals surface area contributed by atoms with Crippen molar-refractivity contribution in [1.82, 2.24) is 0 Å². The molecule has 0 aromatic heterocycles. The molecule has 1 N–H and O–H groups in total. The predicted molar refractivity (Wildman–Crippen MR) is 215 cm³/mol. The molecule has 0 aromatic carbocycles. The van der Waals surface area contributed by atoms with Gasteiger partial charge in [0.2, 0.25) is 0 Å². The molecule has 51 heavy (non-hydrogen) atoms. The number of esters is 1. The summed E-state index contributed by atoms with van der Waals surface area (Å²) in [6.07, 6.45) is 37.2. The maximum atomic E-state index is 12.6. The average molecular weight is 749 g/mol. The van der Waals surface area contributed by atoms with Gasteiger partial charge in [-0.25, -0.2) is 4.57 Å². The Hall–Kier alpha value is -0.500. The molecule has 0 heterocycles. The second-order valence-electron chi connectivity index (χ2n) is 16.1. The molecule has 0 aliphatic heterocycles. The van der Waals surface area contributed by atoms with E-state index in [1.165, 1.54) is 154 Å². The van der Waals surface area contributed by atoms with Crippen molar-refractivity contribution < 1.29 is 37.3 Å². The summed E-state index contributed by atoms with van der Waals surface area (Å²) >= 11 is 0. The third-order valence-electron chi connectivity index (χ3n) is 9.67. The lowest BCUT2D eigenvalue weighted by Gasteiger charge is -2.24. The molecule has 0 amide bonds. The van der Waals surface area contributed by atoms with Gasteiger partial charge in [0.05, 0.1) is 34.4 Å². The average Bonchev–Trinajstić information content (AvgIpc) is 3.08. The standard InChI is InChI=1S/C42H86NO7P/c1-6-8-10-12-14-16-17-18-19-20-21-22-23-24-25-26-27-28-30-32-34-37-47-39-41(40-49-51(45,46)48-38-36-43(3,4)5)50-42(44)35-33-31-29-15-13-11-9-7-2/h41H,6-40H2,1-5H3/p+1. The maximum absolute atomic E-state index is 12.6. The van der Waals surface area contributed by atoms with E-state index in [0.29, 0.717) is 24.1 Å². The van der Waals surface area contributed by atoms with Crippen LogP contribution in [0, 0.1) is 0 Å². The molecule has 0 saturated carbocycles. The lowest BCUT2D eigenvalue weighted by Crippen LogP contribution is -2.37. The Bertz CT molecular complexity index is 792. The highest BCUT2D eigenvalue weighted by molar-refractivity contribution is 7.47. The predicted octanol–water partition coefficient (Wildman–Crippen LogP) is 12.5. The van der Waals surface area contributed by atoms with Crippen molar-refractivity contribution in [2.24, 2.45) is 0 Å². The Balaban J connectivity index is 4.02. The smallest absolute Gasteiger partial charge is 0.457 e. The Kier molecular flexibility index (Phi) is 36.1. The third kappa shape index (κ3) is 40.5. The molecule has 0 aromatic rings. The zero-order chi connectivity index (χ0) is 37.7. The second-order valence-corrected chi connectivity index (χ2v) is 17.5. The summed E-state index contributed by atoms with van der Waals surface area (Å²) in [5, 5.41) is 0. The number of nitrogens with zero attached hydrogens (tertiary/aromatic N) is 1. The van der Waals surface area contributed by atoms with Gasteiger partial charge in [-0.3, -0.25) is 13.8 Å². The van der Waals surface area contributed by atoms with Crippen LogP contribution >= 0.6 is 7.82 Å². The van der Waals surface area contributed by atoms with E-state index in [9.17, 15) is 14.3 Å². The Morgan fingerprint density at radius 1 is 0.529 bits per heavy atom. The highest BCUT2D eigenvalue weighted by Crippen LogP contribution is 2.43. The van der Waals surface area contributed by atoms with Crippen LogP contribution in [0.15, 0.2) is 0 Å². The van der Waals surface area contributed by atoms with Crippen LogP contribution in [-0.2, 0) is 27.9 Å². The van der Waals surface area contributed by atoms with Crippen LogP contribution in [0.5, 0.6) is 0 Å². The van der Waals surface area contributed by atoms with E-state index in [1.807, 2.05) is 21.1 Å². The van der Waals surface area contributed by atoms with Crippen molar-refractivity contribution in [2.75, 3.05) is 54.1 Å². The van der Waals surface area contributed by atoms with Crippen LogP contribution < -0.4 is 0 Å². The SMILES string of the molecule is CCCCCCCCCCCCCCCCCCCCCCCOCC(COP(=O)(O)OCC[N+](C)(C)C)OC(=O)CCCCCCCCCC. The molecular weight excluding hydrogens is 661 g/mol. The molecule has 0 spiro atoms. The van der Waals surface area contributed by atoms with E-state index in [2.05, 4.69) is 13.8 Å². The molecular formula is C42H87NO7P+. The van der Waals surface area contributed by atoms with Gasteiger partial charge in [-0.1, -0.05) is 187 Å². The monoisotopic (exact) mass is 749 g/mol. The molecule has 0 rings (SSSR count). The van der Waals surface area contributed by atoms with Crippen LogP contribution in [0.4, 0.5) is 0 Å². The molecule has 0 aliphatic rings. The van der Waals surface area contributed by atoms with E-state index in [-0.39, 0.29) is 25.8 Å². The molecule has 0 fully saturated rings. The number of quaternary nitrogens is 1. The largest absolute Gasteiger partial charge is 0.472 e. The van der Waals surface area contributed by atoms with Crippen LogP contribution in [0.1, 0.15) is 206 Å². The number of unbranched alkanes of at least 4 members (excludes halogenated alkanes) is 27. The first-order chi connectivity index (χ1) is 24.6. The molecule has 0 radical (unpaired) electrons. The van der Waals surface area contributed by atoms with Gasteiger partial charge in [-0.15, -0.1) is 0 Å². The van der Waals surface area contributed by atoms with Gasteiger partial charge < -0.3 is 18.9 Å². The zero-order valence-corrected chi connectivity index (χ0v) is 35.5. The fourth-order valence-electron chi connectivity index (χ4n) is 6.26. The first kappa shape index (κ1) is 50.5. The minimum absolute atomic E-state index is 0.0934. The Labute approximate surface area is 317 Å². The number of carbonyl (C=O) groups excluding carboxylic acids is 1. The Morgan fingerprint density at radius 3 is 1.29 bits per heavy atom. The summed E-state index contributed by atoms with van der Waals surface area (Å²) in [6, 6.07) is 0. The molecule has 2 unspecified atom stereocenters. The highest BCUT2D eigenvalue weighted by atomic mass is 31.2. The van der Waals surface area contributed by atoms with Gasteiger partial charge in [-0.05, 0) is 12.8 Å². The second kappa shape index (κ2) is 36.5. The minimum atomic E-state index is -4.26. The van der Waals surface area contributed by atoms with Gasteiger partial charge in [0.1, 0.15) is 19.3 Å². The molecule has 9 heteroatoms. The van der Waals surface area contributed by atoms with Crippen LogP contribution in [-0.4, -0.2) is 75.6 Å². The number of hydrogen-bond donors (Lipinski definition) is 1. The topological polar surface area (TPSA) is 91.3 Å². The first-order valence-corrected chi connectivity index (χ1v) is 23.3. The summed E-state index contributed by atoms with van der Waals surface area (Å²) in [4.78, 5) is 22.7. The van der Waals surface area contributed by atoms with E-state index in [1.54, 1.807) is 0 Å². The number of ether oxygens (including phenoxy) is 2. The van der Waals surface area contributed by atoms with Gasteiger partial charge in [0, 0.05) is 13.0 Å². The normalized spacial score (nSPS) is 13.8. The summed E-state index contributed by atoms with van der Waals surface area (Å²) in [5.41, 5.74) is 0. The van der Waals surface area contributed by atoms with Crippen molar-refractivity contribution in [3.8, 4) is 0 Å². The molecule has 306 valence electrons. The molecule has 2 atom stereocenters. The number of phosphoric acid groups is 1. The lowest BCUT2D eigenvalue weighted by molar-refractivity contribution is -0.870. The number of hydrogen-bond acceptors (Lipinski definition) is 6. The van der Waals surface area contributed by atoms with E-state index >= 15 is 0 Å². The Morgan fingerprint density at radius 2 is 0.902 bits per heavy atom. The van der Waals surface area contributed by atoms with Gasteiger partial charge in [-0.2, -0.15) is 0 Å². The molecule has 0 bridgehead atoms. The minimum Gasteiger partial charge on any atom is -0.457 e. The van der Waals surface area contributed by atoms with E-state index in [4.69, 9.17) is 18.5 Å². The number of phosphoric ester groups is 1. The molecule has 8 nitrogen and oxygen atoms in total. The van der Waals surface area contributed by atoms with Gasteiger partial charge in [0.15, 0.2) is 0 Å². The lowest BCUT2D eigenvalue weighted by atomic mass is 10.0. The van der Waals surface area contributed by atoms with E-state index in [0.717, 1.165) is 32.1 Å². The van der Waals surface area contributed by atoms with Crippen molar-refractivity contribution >= 4 is 13.8 Å². The van der Waals surface area contributed by atoms with E-state index < -0.39 is 13.9 Å². The highest BCUT2D eigenvalue weighted by Gasteiger charge is 2.26. The number of likely N-dealkylation sites (N-methyl/N-ethyl adjacent to an activating group) is 1. The quantitative estimate of drug-likeness (QED) is 0.0288. The van der Waals surface area contributed by atoms with Crippen molar-refractivity contribution in [1.29, 1.82) is 0 Å². The van der Waals surface area contributed by atoms with Crippen molar-refractivity contribution in [3.05, 3.63) is 0 Å². The summed E-state index contributed by atoms with van der Waals surface area (Å²) in [6.45, 7) is 5.64. The summed E-state index contributed by atoms with van der Waals surface area (Å²) in [7, 11) is 1.68. The van der Waals surface area contributed by atoms with Crippen molar-refractivity contribution in [2.45, 2.75) is 213 Å². The maximum Gasteiger partial charge on any atom is 0.472 e. The number of carbonyl (C=O) groups is 1. The fourth-order valence-corrected chi connectivity index (χ4v) is 7.00. The fraction of sp³-hybridized carbons (Fsp3) is 0.976. The number of rotatable bonds is 41. The van der Waals surface area contributed by atoms with Crippen LogP contribution in [0.2, 0.25) is 0 Å². The summed E-state index contributed by atoms with van der Waals surface area (Å²) < 4.78 is 34.9.